The standard InChI is InChI=1S/C21H23N3O2/c25-21(12-20-18-8-4-5-9-19(18)22-23-20)24-11-10-17(13-24)15-26-14-16-6-2-1-3-7-16/h1-9,17H,10-15H2,(H,22,23). The van der Waals surface area contributed by atoms with Gasteiger partial charge in [0.2, 0.25) is 5.91 Å². The molecule has 134 valence electrons. The van der Waals surface area contributed by atoms with Crippen molar-refractivity contribution in [1.29, 1.82) is 0 Å². The number of para-hydroxylation sites is 1. The predicted octanol–water partition coefficient (Wildman–Crippen LogP) is 3.17. The Bertz CT molecular complexity index is 875. The zero-order valence-corrected chi connectivity index (χ0v) is 14.7. The SMILES string of the molecule is O=C(Cc1[nH]nc2ccccc12)N1CCC(COCc2ccccc2)C1. The fraction of sp³-hybridized carbons (Fsp3) is 0.333. The van der Waals surface area contributed by atoms with Crippen molar-refractivity contribution in [2.45, 2.75) is 19.4 Å². The summed E-state index contributed by atoms with van der Waals surface area (Å²) in [5.41, 5.74) is 2.99. The van der Waals surface area contributed by atoms with E-state index in [2.05, 4.69) is 22.3 Å². The first kappa shape index (κ1) is 16.8. The average molecular weight is 349 g/mol. The molecule has 26 heavy (non-hydrogen) atoms. The van der Waals surface area contributed by atoms with Gasteiger partial charge in [0, 0.05) is 24.4 Å². The Hall–Kier alpha value is -2.66. The third-order valence-corrected chi connectivity index (χ3v) is 4.97. The first-order valence-electron chi connectivity index (χ1n) is 9.11. The van der Waals surface area contributed by atoms with Gasteiger partial charge in [-0.3, -0.25) is 9.89 Å². The fourth-order valence-electron chi connectivity index (χ4n) is 3.52. The van der Waals surface area contributed by atoms with Gasteiger partial charge in [0.05, 0.1) is 30.8 Å². The summed E-state index contributed by atoms with van der Waals surface area (Å²) in [4.78, 5) is 14.6. The van der Waals surface area contributed by atoms with Gasteiger partial charge in [-0.05, 0) is 18.1 Å². The number of amides is 1. The molecule has 4 rings (SSSR count). The molecule has 1 aliphatic rings. The lowest BCUT2D eigenvalue weighted by Crippen LogP contribution is -2.30. The minimum absolute atomic E-state index is 0.157. The van der Waals surface area contributed by atoms with Gasteiger partial charge in [0.25, 0.3) is 0 Å². The maximum atomic E-state index is 12.6. The number of aromatic amines is 1. The van der Waals surface area contributed by atoms with Crippen LogP contribution in [0.5, 0.6) is 0 Å². The van der Waals surface area contributed by atoms with E-state index in [0.717, 1.165) is 36.1 Å². The lowest BCUT2D eigenvalue weighted by molar-refractivity contribution is -0.129. The van der Waals surface area contributed by atoms with Gasteiger partial charge >= 0.3 is 0 Å². The number of rotatable bonds is 6. The van der Waals surface area contributed by atoms with Crippen molar-refractivity contribution in [3.63, 3.8) is 0 Å². The first-order chi connectivity index (χ1) is 12.8. The number of carbonyl (C=O) groups is 1. The van der Waals surface area contributed by atoms with E-state index in [1.165, 1.54) is 5.56 Å². The second-order valence-electron chi connectivity index (χ2n) is 6.89. The number of H-pyrrole nitrogens is 1. The van der Waals surface area contributed by atoms with Crippen LogP contribution >= 0.6 is 0 Å². The molecule has 0 bridgehead atoms. The first-order valence-corrected chi connectivity index (χ1v) is 9.11. The van der Waals surface area contributed by atoms with Gasteiger partial charge in [-0.25, -0.2) is 0 Å². The largest absolute Gasteiger partial charge is 0.376 e. The van der Waals surface area contributed by atoms with Gasteiger partial charge in [0.1, 0.15) is 0 Å². The van der Waals surface area contributed by atoms with Gasteiger partial charge in [0.15, 0.2) is 0 Å². The predicted molar refractivity (Wildman–Crippen MR) is 101 cm³/mol. The topological polar surface area (TPSA) is 58.2 Å². The van der Waals surface area contributed by atoms with E-state index in [-0.39, 0.29) is 5.91 Å². The van der Waals surface area contributed by atoms with Gasteiger partial charge in [-0.2, -0.15) is 5.10 Å². The summed E-state index contributed by atoms with van der Waals surface area (Å²) in [5.74, 6) is 0.575. The highest BCUT2D eigenvalue weighted by Crippen LogP contribution is 2.20. The van der Waals surface area contributed by atoms with Crippen LogP contribution in [0.15, 0.2) is 54.6 Å². The van der Waals surface area contributed by atoms with Gasteiger partial charge < -0.3 is 9.64 Å². The Balaban J connectivity index is 1.27. The zero-order valence-electron chi connectivity index (χ0n) is 14.7. The smallest absolute Gasteiger partial charge is 0.228 e. The number of aromatic nitrogens is 2. The minimum Gasteiger partial charge on any atom is -0.376 e. The quantitative estimate of drug-likeness (QED) is 0.744. The number of likely N-dealkylation sites (tertiary alicyclic amines) is 1. The summed E-state index contributed by atoms with van der Waals surface area (Å²) in [6.07, 6.45) is 1.38. The molecule has 1 aliphatic heterocycles. The van der Waals surface area contributed by atoms with Crippen LogP contribution < -0.4 is 0 Å². The van der Waals surface area contributed by atoms with Crippen molar-refractivity contribution in [2.75, 3.05) is 19.7 Å². The van der Waals surface area contributed by atoms with E-state index in [1.54, 1.807) is 0 Å². The van der Waals surface area contributed by atoms with Crippen molar-refractivity contribution in [3.8, 4) is 0 Å². The van der Waals surface area contributed by atoms with E-state index in [0.29, 0.717) is 25.6 Å². The maximum Gasteiger partial charge on any atom is 0.228 e. The second kappa shape index (κ2) is 7.70. The van der Waals surface area contributed by atoms with Crippen molar-refractivity contribution in [1.82, 2.24) is 15.1 Å². The normalized spacial score (nSPS) is 17.1. The van der Waals surface area contributed by atoms with E-state index in [9.17, 15) is 4.79 Å². The lowest BCUT2D eigenvalue weighted by Gasteiger charge is -2.16. The number of hydrogen-bond donors (Lipinski definition) is 1. The number of hydrogen-bond acceptors (Lipinski definition) is 3. The van der Waals surface area contributed by atoms with Crippen molar-refractivity contribution >= 4 is 16.8 Å². The van der Waals surface area contributed by atoms with E-state index in [4.69, 9.17) is 4.74 Å². The van der Waals surface area contributed by atoms with E-state index < -0.39 is 0 Å². The monoisotopic (exact) mass is 349 g/mol. The average Bonchev–Trinajstić information content (AvgIpc) is 3.30. The van der Waals surface area contributed by atoms with Crippen LogP contribution in [0.25, 0.3) is 10.9 Å². The molecule has 1 unspecified atom stereocenters. The Morgan fingerprint density at radius 2 is 1.96 bits per heavy atom. The molecule has 0 spiro atoms. The Morgan fingerprint density at radius 1 is 1.15 bits per heavy atom. The molecule has 1 saturated heterocycles. The highest BCUT2D eigenvalue weighted by atomic mass is 16.5. The van der Waals surface area contributed by atoms with Crippen LogP contribution in [-0.2, 0) is 22.6 Å². The molecule has 5 heteroatoms. The Kier molecular flexibility index (Phi) is 4.97. The highest BCUT2D eigenvalue weighted by Gasteiger charge is 2.26. The minimum atomic E-state index is 0.157. The lowest BCUT2D eigenvalue weighted by atomic mass is 10.1. The Morgan fingerprint density at radius 3 is 2.85 bits per heavy atom. The number of ether oxygens (including phenoxy) is 1. The van der Waals surface area contributed by atoms with Gasteiger partial charge in [-0.15, -0.1) is 0 Å². The van der Waals surface area contributed by atoms with E-state index in [1.807, 2.05) is 47.4 Å². The van der Waals surface area contributed by atoms with Crippen LogP contribution in [0.1, 0.15) is 17.7 Å². The molecular weight excluding hydrogens is 326 g/mol. The number of benzene rings is 2. The molecule has 1 aromatic heterocycles. The molecule has 3 aromatic rings. The second-order valence-corrected chi connectivity index (χ2v) is 6.89. The van der Waals surface area contributed by atoms with Crippen LogP contribution in [0.4, 0.5) is 0 Å². The molecule has 1 atom stereocenters. The molecule has 2 aromatic carbocycles. The van der Waals surface area contributed by atoms with Crippen LogP contribution in [-0.4, -0.2) is 40.7 Å². The zero-order chi connectivity index (χ0) is 17.8. The fourth-order valence-corrected chi connectivity index (χ4v) is 3.52. The number of fused-ring (bicyclic) bond motifs is 1. The molecule has 1 amide bonds. The highest BCUT2D eigenvalue weighted by molar-refractivity contribution is 5.87. The summed E-state index contributed by atoms with van der Waals surface area (Å²) in [6.45, 7) is 2.92. The van der Waals surface area contributed by atoms with Crippen LogP contribution in [0.2, 0.25) is 0 Å². The maximum absolute atomic E-state index is 12.6. The number of nitrogens with zero attached hydrogens (tertiary/aromatic N) is 2. The molecule has 0 radical (unpaired) electrons. The third kappa shape index (κ3) is 3.78. The van der Waals surface area contributed by atoms with E-state index >= 15 is 0 Å². The third-order valence-electron chi connectivity index (χ3n) is 4.97. The summed E-state index contributed by atoms with van der Waals surface area (Å²) >= 11 is 0. The Labute approximate surface area is 153 Å². The van der Waals surface area contributed by atoms with Crippen molar-refractivity contribution in [2.24, 2.45) is 5.92 Å². The molecule has 0 aliphatic carbocycles. The summed E-state index contributed by atoms with van der Waals surface area (Å²) in [5, 5.41) is 8.31. The van der Waals surface area contributed by atoms with Crippen LogP contribution in [0, 0.1) is 5.92 Å². The summed E-state index contributed by atoms with van der Waals surface area (Å²) < 4.78 is 5.84. The number of carbonyl (C=O) groups excluding carboxylic acids is 1. The molecule has 0 saturated carbocycles. The summed E-state index contributed by atoms with van der Waals surface area (Å²) in [6, 6.07) is 18.1. The summed E-state index contributed by atoms with van der Waals surface area (Å²) in [7, 11) is 0. The van der Waals surface area contributed by atoms with Gasteiger partial charge in [-0.1, -0.05) is 48.5 Å². The number of nitrogens with one attached hydrogen (secondary N) is 1. The molecule has 2 heterocycles. The molecule has 1 fully saturated rings. The molecule has 5 nitrogen and oxygen atoms in total. The molecule has 1 N–H and O–H groups in total. The van der Waals surface area contributed by atoms with Crippen molar-refractivity contribution < 1.29 is 9.53 Å². The molecular formula is C21H23N3O2. The van der Waals surface area contributed by atoms with Crippen LogP contribution in [0.3, 0.4) is 0 Å². The van der Waals surface area contributed by atoms with Crippen molar-refractivity contribution in [3.05, 3.63) is 65.9 Å².